The van der Waals surface area contributed by atoms with Crippen molar-refractivity contribution in [2.75, 3.05) is 39.3 Å². The van der Waals surface area contributed by atoms with Gasteiger partial charge < -0.3 is 15.4 Å². The molecular weight excluding hydrogens is 384 g/mol. The molecule has 1 aromatic rings. The summed E-state index contributed by atoms with van der Waals surface area (Å²) >= 11 is 1.35. The fraction of sp³-hybridized carbons (Fsp3) is 0.722. The molecule has 1 aliphatic rings. The number of sulfonamides is 1. The number of hydrogen-bond acceptors (Lipinski definition) is 5. The zero-order chi connectivity index (χ0) is 19.7. The van der Waals surface area contributed by atoms with Crippen LogP contribution >= 0.6 is 11.3 Å². The molecule has 1 fully saturated rings. The van der Waals surface area contributed by atoms with Gasteiger partial charge in [0, 0.05) is 37.7 Å². The van der Waals surface area contributed by atoms with E-state index in [1.165, 1.54) is 15.6 Å². The van der Waals surface area contributed by atoms with Gasteiger partial charge in [-0.05, 0) is 38.3 Å². The third-order valence-electron chi connectivity index (χ3n) is 4.42. The van der Waals surface area contributed by atoms with Gasteiger partial charge >= 0.3 is 0 Å². The molecule has 0 spiro atoms. The van der Waals surface area contributed by atoms with Gasteiger partial charge in [0.15, 0.2) is 5.96 Å². The van der Waals surface area contributed by atoms with Crippen LogP contribution in [0.5, 0.6) is 0 Å². The zero-order valence-corrected chi connectivity index (χ0v) is 18.2. The zero-order valence-electron chi connectivity index (χ0n) is 16.5. The molecule has 1 aromatic heterocycles. The maximum absolute atomic E-state index is 12.6. The third kappa shape index (κ3) is 6.44. The Morgan fingerprint density at radius 3 is 2.70 bits per heavy atom. The van der Waals surface area contributed by atoms with E-state index >= 15 is 0 Å². The van der Waals surface area contributed by atoms with Gasteiger partial charge in [-0.25, -0.2) is 8.42 Å². The summed E-state index contributed by atoms with van der Waals surface area (Å²) in [5.74, 6) is 0.778. The van der Waals surface area contributed by atoms with E-state index in [0.717, 1.165) is 43.3 Å². The average molecular weight is 417 g/mol. The molecule has 2 rings (SSSR count). The Labute approximate surface area is 167 Å². The Kier molecular flexibility index (Phi) is 9.01. The largest absolute Gasteiger partial charge is 0.376 e. The molecule has 1 unspecified atom stereocenters. The number of rotatable bonds is 10. The minimum atomic E-state index is -3.37. The van der Waals surface area contributed by atoms with E-state index in [9.17, 15) is 8.42 Å². The number of nitrogens with one attached hydrogen (secondary N) is 2. The Bertz CT molecular complexity index is 693. The van der Waals surface area contributed by atoms with Gasteiger partial charge in [-0.2, -0.15) is 4.31 Å². The first-order valence-corrected chi connectivity index (χ1v) is 12.0. The normalized spacial score (nSPS) is 18.2. The predicted octanol–water partition coefficient (Wildman–Crippen LogP) is 2.06. The van der Waals surface area contributed by atoms with Crippen LogP contribution in [0.25, 0.3) is 0 Å². The number of guanidine groups is 1. The van der Waals surface area contributed by atoms with Crippen molar-refractivity contribution in [3.8, 4) is 0 Å². The van der Waals surface area contributed by atoms with E-state index in [1.54, 1.807) is 6.07 Å². The van der Waals surface area contributed by atoms with Crippen molar-refractivity contribution in [1.82, 2.24) is 14.9 Å². The lowest BCUT2D eigenvalue weighted by Gasteiger charge is -2.16. The molecule has 9 heteroatoms. The van der Waals surface area contributed by atoms with E-state index in [1.807, 2.05) is 26.8 Å². The molecule has 1 saturated heterocycles. The van der Waals surface area contributed by atoms with Crippen LogP contribution < -0.4 is 10.6 Å². The van der Waals surface area contributed by atoms with Crippen LogP contribution in [0.3, 0.4) is 0 Å². The Morgan fingerprint density at radius 1 is 1.30 bits per heavy atom. The molecule has 2 heterocycles. The van der Waals surface area contributed by atoms with Crippen molar-refractivity contribution in [1.29, 1.82) is 0 Å². The van der Waals surface area contributed by atoms with E-state index in [0.29, 0.717) is 30.4 Å². The van der Waals surface area contributed by atoms with Crippen molar-refractivity contribution in [2.45, 2.75) is 50.3 Å². The second-order valence-corrected chi connectivity index (χ2v) is 9.67. The number of nitrogens with zero attached hydrogens (tertiary/aromatic N) is 2. The molecule has 1 atom stereocenters. The smallest absolute Gasteiger partial charge is 0.252 e. The Balaban J connectivity index is 1.88. The first-order chi connectivity index (χ1) is 13.0. The van der Waals surface area contributed by atoms with E-state index < -0.39 is 10.0 Å². The highest BCUT2D eigenvalue weighted by molar-refractivity contribution is 7.91. The van der Waals surface area contributed by atoms with Crippen LogP contribution in [0, 0.1) is 0 Å². The molecule has 0 aliphatic carbocycles. The van der Waals surface area contributed by atoms with E-state index in [-0.39, 0.29) is 6.10 Å². The van der Waals surface area contributed by atoms with Gasteiger partial charge in [-0.3, -0.25) is 4.99 Å². The monoisotopic (exact) mass is 416 g/mol. The second kappa shape index (κ2) is 11.0. The van der Waals surface area contributed by atoms with Crippen molar-refractivity contribution in [2.24, 2.45) is 4.99 Å². The highest BCUT2D eigenvalue weighted by Crippen LogP contribution is 2.25. The molecule has 0 saturated carbocycles. The summed E-state index contributed by atoms with van der Waals surface area (Å²) in [5, 5.41) is 6.55. The Morgan fingerprint density at radius 2 is 2.07 bits per heavy atom. The highest BCUT2D eigenvalue weighted by atomic mass is 32.2. The summed E-state index contributed by atoms with van der Waals surface area (Å²) in [7, 11) is -3.37. The summed E-state index contributed by atoms with van der Waals surface area (Å²) in [5.41, 5.74) is 0. The average Bonchev–Trinajstić information content (AvgIpc) is 3.32. The molecule has 0 radical (unpaired) electrons. The van der Waals surface area contributed by atoms with Gasteiger partial charge in [-0.1, -0.05) is 13.8 Å². The lowest BCUT2D eigenvalue weighted by molar-refractivity contribution is 0.117. The maximum Gasteiger partial charge on any atom is 0.252 e. The summed E-state index contributed by atoms with van der Waals surface area (Å²) in [6.45, 7) is 9.72. The lowest BCUT2D eigenvalue weighted by atomic mass is 10.2. The van der Waals surface area contributed by atoms with Gasteiger partial charge in [0.25, 0.3) is 10.0 Å². The lowest BCUT2D eigenvalue weighted by Crippen LogP contribution is -2.38. The van der Waals surface area contributed by atoms with Crippen molar-refractivity contribution >= 4 is 27.3 Å². The minimum absolute atomic E-state index is 0.227. The fourth-order valence-electron chi connectivity index (χ4n) is 2.95. The quantitative estimate of drug-likeness (QED) is 0.451. The molecular formula is C18H32N4O3S2. The van der Waals surface area contributed by atoms with Crippen LogP contribution in [-0.2, 0) is 21.2 Å². The SMILES string of the molecule is CCNC(=NCC1CCCO1)NCCc1ccc(S(=O)(=O)N(CC)CC)s1. The van der Waals surface area contributed by atoms with Gasteiger partial charge in [0.05, 0.1) is 12.6 Å². The van der Waals surface area contributed by atoms with Crippen LogP contribution in [0.4, 0.5) is 0 Å². The second-order valence-electron chi connectivity index (χ2n) is 6.34. The van der Waals surface area contributed by atoms with Gasteiger partial charge in [-0.15, -0.1) is 11.3 Å². The third-order valence-corrected chi connectivity index (χ3v) is 8.08. The number of thiophene rings is 1. The fourth-order valence-corrected chi connectivity index (χ4v) is 5.92. The summed E-state index contributed by atoms with van der Waals surface area (Å²) in [6, 6.07) is 3.61. The summed E-state index contributed by atoms with van der Waals surface area (Å²) < 4.78 is 32.6. The topological polar surface area (TPSA) is 83.0 Å². The molecule has 154 valence electrons. The molecule has 2 N–H and O–H groups in total. The Hall–Kier alpha value is -1.16. The molecule has 0 amide bonds. The first kappa shape index (κ1) is 22.1. The summed E-state index contributed by atoms with van der Waals surface area (Å²) in [6.07, 6.45) is 3.16. The van der Waals surface area contributed by atoms with Gasteiger partial charge in [0.1, 0.15) is 4.21 Å². The maximum atomic E-state index is 12.6. The predicted molar refractivity (Wildman–Crippen MR) is 111 cm³/mol. The highest BCUT2D eigenvalue weighted by Gasteiger charge is 2.23. The van der Waals surface area contributed by atoms with Crippen LogP contribution in [0.1, 0.15) is 38.5 Å². The van der Waals surface area contributed by atoms with Gasteiger partial charge in [0.2, 0.25) is 0 Å². The molecule has 0 aromatic carbocycles. The molecule has 7 nitrogen and oxygen atoms in total. The van der Waals surface area contributed by atoms with Crippen LogP contribution in [0.15, 0.2) is 21.3 Å². The van der Waals surface area contributed by atoms with E-state index in [4.69, 9.17) is 4.74 Å². The van der Waals surface area contributed by atoms with Crippen molar-refractivity contribution in [3.63, 3.8) is 0 Å². The molecule has 27 heavy (non-hydrogen) atoms. The van der Waals surface area contributed by atoms with Crippen LogP contribution in [0.2, 0.25) is 0 Å². The number of ether oxygens (including phenoxy) is 1. The van der Waals surface area contributed by atoms with Crippen molar-refractivity contribution < 1.29 is 13.2 Å². The number of aliphatic imine (C=N–C) groups is 1. The number of hydrogen-bond donors (Lipinski definition) is 2. The molecule has 0 bridgehead atoms. The van der Waals surface area contributed by atoms with Crippen molar-refractivity contribution in [3.05, 3.63) is 17.0 Å². The van der Waals surface area contributed by atoms with Crippen LogP contribution in [-0.4, -0.2) is 64.1 Å². The first-order valence-electron chi connectivity index (χ1n) is 9.73. The van der Waals surface area contributed by atoms with E-state index in [2.05, 4.69) is 15.6 Å². The molecule has 1 aliphatic heterocycles. The summed E-state index contributed by atoms with van der Waals surface area (Å²) in [4.78, 5) is 5.63. The standard InChI is InChI=1S/C18H32N4O3S2/c1-4-19-18(21-14-15-8-7-13-25-15)20-12-11-16-9-10-17(26-16)27(23,24)22(5-2)6-3/h9-10,15H,4-8,11-14H2,1-3H3,(H2,19,20,21). The minimum Gasteiger partial charge on any atom is -0.376 e.